The first kappa shape index (κ1) is 14.0. The van der Waals surface area contributed by atoms with Gasteiger partial charge in [-0.15, -0.1) is 0 Å². The molecular formula is C11H16BrNO4. The van der Waals surface area contributed by atoms with E-state index in [2.05, 4.69) is 15.9 Å². The van der Waals surface area contributed by atoms with Gasteiger partial charge in [-0.25, -0.2) is 9.59 Å². The monoisotopic (exact) mass is 305 g/mol. The van der Waals surface area contributed by atoms with Crippen molar-refractivity contribution in [2.24, 2.45) is 0 Å². The summed E-state index contributed by atoms with van der Waals surface area (Å²) in [6, 6.07) is -0.855. The van der Waals surface area contributed by atoms with Gasteiger partial charge in [0, 0.05) is 10.7 Å². The fraction of sp³-hybridized carbons (Fsp3) is 0.636. The van der Waals surface area contributed by atoms with E-state index in [1.165, 1.54) is 6.20 Å². The molecule has 1 rings (SSSR count). The Hall–Kier alpha value is -1.04. The van der Waals surface area contributed by atoms with E-state index in [1.807, 2.05) is 0 Å². The second-order valence-electron chi connectivity index (χ2n) is 4.86. The van der Waals surface area contributed by atoms with Crippen LogP contribution in [0.2, 0.25) is 0 Å². The minimum Gasteiger partial charge on any atom is -0.480 e. The van der Waals surface area contributed by atoms with Crippen LogP contribution in [0.4, 0.5) is 4.79 Å². The highest BCUT2D eigenvalue weighted by Gasteiger charge is 2.34. The van der Waals surface area contributed by atoms with Crippen LogP contribution in [-0.2, 0) is 9.53 Å². The molecule has 17 heavy (non-hydrogen) atoms. The van der Waals surface area contributed by atoms with Gasteiger partial charge < -0.3 is 9.84 Å². The van der Waals surface area contributed by atoms with Gasteiger partial charge in [-0.05, 0) is 33.6 Å². The van der Waals surface area contributed by atoms with Gasteiger partial charge in [0.15, 0.2) is 0 Å². The summed E-state index contributed by atoms with van der Waals surface area (Å²) in [7, 11) is 0. The van der Waals surface area contributed by atoms with Crippen molar-refractivity contribution in [1.82, 2.24) is 4.90 Å². The van der Waals surface area contributed by atoms with Gasteiger partial charge in [-0.3, -0.25) is 4.90 Å². The molecule has 0 spiro atoms. The lowest BCUT2D eigenvalue weighted by molar-refractivity contribution is -0.142. The third-order valence-electron chi connectivity index (χ3n) is 2.16. The normalized spacial score (nSPS) is 20.8. The molecule has 0 saturated carbocycles. The molecule has 1 aliphatic heterocycles. The predicted molar refractivity (Wildman–Crippen MR) is 65.7 cm³/mol. The van der Waals surface area contributed by atoms with Gasteiger partial charge in [0.2, 0.25) is 0 Å². The Morgan fingerprint density at radius 2 is 2.12 bits per heavy atom. The summed E-state index contributed by atoms with van der Waals surface area (Å²) in [4.78, 5) is 24.0. The lowest BCUT2D eigenvalue weighted by Gasteiger charge is -2.31. The SMILES string of the molecule is CC(C)(C)OC(=O)N1C=C(Br)CCC1C(=O)O. The molecule has 0 aliphatic carbocycles. The number of rotatable bonds is 1. The molecule has 1 atom stereocenters. The quantitative estimate of drug-likeness (QED) is 0.809. The van der Waals surface area contributed by atoms with Crippen molar-refractivity contribution in [2.45, 2.75) is 45.3 Å². The summed E-state index contributed by atoms with van der Waals surface area (Å²) in [5.41, 5.74) is -0.641. The minimum atomic E-state index is -1.02. The zero-order chi connectivity index (χ0) is 13.2. The van der Waals surface area contributed by atoms with Crippen LogP contribution in [0.15, 0.2) is 10.7 Å². The van der Waals surface area contributed by atoms with Gasteiger partial charge in [-0.2, -0.15) is 0 Å². The molecule has 0 aromatic rings. The first-order chi connectivity index (χ1) is 7.70. The zero-order valence-electron chi connectivity index (χ0n) is 10.1. The second-order valence-corrected chi connectivity index (χ2v) is 5.87. The van der Waals surface area contributed by atoms with E-state index in [0.717, 1.165) is 9.38 Å². The third kappa shape index (κ3) is 4.03. The largest absolute Gasteiger partial charge is 0.480 e. The molecule has 1 heterocycles. The molecule has 0 saturated heterocycles. The van der Waals surface area contributed by atoms with E-state index in [1.54, 1.807) is 20.8 Å². The van der Waals surface area contributed by atoms with E-state index >= 15 is 0 Å². The maximum Gasteiger partial charge on any atom is 0.415 e. The topological polar surface area (TPSA) is 66.8 Å². The van der Waals surface area contributed by atoms with Crippen LogP contribution in [0.25, 0.3) is 0 Å². The van der Waals surface area contributed by atoms with Crippen LogP contribution in [0, 0.1) is 0 Å². The van der Waals surface area contributed by atoms with Crippen LogP contribution in [0.3, 0.4) is 0 Å². The number of carbonyl (C=O) groups excluding carboxylic acids is 1. The number of halogens is 1. The van der Waals surface area contributed by atoms with Crippen LogP contribution in [-0.4, -0.2) is 33.7 Å². The van der Waals surface area contributed by atoms with Gasteiger partial charge in [-0.1, -0.05) is 15.9 Å². The van der Waals surface area contributed by atoms with Crippen molar-refractivity contribution in [2.75, 3.05) is 0 Å². The maximum atomic E-state index is 11.8. The summed E-state index contributed by atoms with van der Waals surface area (Å²) in [6.07, 6.45) is 1.83. The average Bonchev–Trinajstić information content (AvgIpc) is 2.14. The number of aliphatic carboxylic acids is 1. The van der Waals surface area contributed by atoms with Crippen LogP contribution in [0.5, 0.6) is 0 Å². The van der Waals surface area contributed by atoms with Gasteiger partial charge in [0.1, 0.15) is 11.6 Å². The van der Waals surface area contributed by atoms with Crippen molar-refractivity contribution in [3.8, 4) is 0 Å². The standard InChI is InChI=1S/C11H16BrNO4/c1-11(2,3)17-10(16)13-6-7(12)4-5-8(13)9(14)15/h6,8H,4-5H2,1-3H3,(H,14,15). The summed E-state index contributed by atoms with van der Waals surface area (Å²) >= 11 is 3.27. The molecule has 1 aliphatic rings. The molecule has 6 heteroatoms. The van der Waals surface area contributed by atoms with Crippen LogP contribution < -0.4 is 0 Å². The number of amides is 1. The number of nitrogens with zero attached hydrogens (tertiary/aromatic N) is 1. The summed E-state index contributed by atoms with van der Waals surface area (Å²) in [5.74, 6) is -1.02. The average molecular weight is 306 g/mol. The Bertz CT molecular complexity index is 359. The van der Waals surface area contributed by atoms with E-state index in [9.17, 15) is 9.59 Å². The highest BCUT2D eigenvalue weighted by molar-refractivity contribution is 9.11. The van der Waals surface area contributed by atoms with E-state index in [-0.39, 0.29) is 0 Å². The van der Waals surface area contributed by atoms with Crippen molar-refractivity contribution >= 4 is 28.0 Å². The lowest BCUT2D eigenvalue weighted by atomic mass is 10.1. The van der Waals surface area contributed by atoms with Crippen LogP contribution >= 0.6 is 15.9 Å². The first-order valence-electron chi connectivity index (χ1n) is 5.31. The maximum absolute atomic E-state index is 11.8. The fourth-order valence-electron chi connectivity index (χ4n) is 1.46. The smallest absolute Gasteiger partial charge is 0.415 e. The molecule has 0 aromatic heterocycles. The number of carboxylic acid groups (broad SMARTS) is 1. The van der Waals surface area contributed by atoms with Gasteiger partial charge >= 0.3 is 12.1 Å². The Labute approximate surface area is 109 Å². The highest BCUT2D eigenvalue weighted by atomic mass is 79.9. The summed E-state index contributed by atoms with van der Waals surface area (Å²) in [5, 5.41) is 9.05. The van der Waals surface area contributed by atoms with E-state index < -0.39 is 23.7 Å². The minimum absolute atomic E-state index is 0.381. The highest BCUT2D eigenvalue weighted by Crippen LogP contribution is 2.26. The number of carbonyl (C=O) groups is 2. The fourth-order valence-corrected chi connectivity index (χ4v) is 1.91. The number of hydrogen-bond donors (Lipinski definition) is 1. The molecule has 1 N–H and O–H groups in total. The summed E-state index contributed by atoms with van der Waals surface area (Å²) in [6.45, 7) is 5.22. The van der Waals surface area contributed by atoms with E-state index in [0.29, 0.717) is 12.8 Å². The number of carboxylic acids is 1. The predicted octanol–water partition coefficient (Wildman–Crippen LogP) is 2.71. The van der Waals surface area contributed by atoms with Gasteiger partial charge in [0.05, 0.1) is 0 Å². The Morgan fingerprint density at radius 3 is 2.59 bits per heavy atom. The van der Waals surface area contributed by atoms with Crippen molar-refractivity contribution in [3.05, 3.63) is 10.7 Å². The summed E-state index contributed by atoms with van der Waals surface area (Å²) < 4.78 is 5.96. The molecule has 1 unspecified atom stereocenters. The second kappa shape index (κ2) is 5.08. The molecule has 96 valence electrons. The molecular weight excluding hydrogens is 290 g/mol. The molecule has 0 radical (unpaired) electrons. The first-order valence-corrected chi connectivity index (χ1v) is 6.10. The molecule has 5 nitrogen and oxygen atoms in total. The Kier molecular flexibility index (Phi) is 4.19. The molecule has 0 bridgehead atoms. The van der Waals surface area contributed by atoms with Crippen molar-refractivity contribution < 1.29 is 19.4 Å². The number of ether oxygens (including phenoxy) is 1. The van der Waals surface area contributed by atoms with Gasteiger partial charge in [0.25, 0.3) is 0 Å². The molecule has 0 aromatic carbocycles. The lowest BCUT2D eigenvalue weighted by Crippen LogP contribution is -2.45. The number of hydrogen-bond acceptors (Lipinski definition) is 3. The molecule has 0 fully saturated rings. The number of allylic oxidation sites excluding steroid dienone is 1. The van der Waals surface area contributed by atoms with Crippen LogP contribution in [0.1, 0.15) is 33.6 Å². The van der Waals surface area contributed by atoms with E-state index in [4.69, 9.17) is 9.84 Å². The van der Waals surface area contributed by atoms with Crippen molar-refractivity contribution in [1.29, 1.82) is 0 Å². The Balaban J connectivity index is 2.86. The zero-order valence-corrected chi connectivity index (χ0v) is 11.7. The molecule has 1 amide bonds. The third-order valence-corrected chi connectivity index (χ3v) is 2.76. The Morgan fingerprint density at radius 1 is 1.53 bits per heavy atom. The van der Waals surface area contributed by atoms with Crippen molar-refractivity contribution in [3.63, 3.8) is 0 Å².